The lowest BCUT2D eigenvalue weighted by molar-refractivity contribution is -0.157. The van der Waals surface area contributed by atoms with Crippen molar-refractivity contribution in [2.75, 3.05) is 6.61 Å². The molecule has 0 aliphatic heterocycles. The van der Waals surface area contributed by atoms with Crippen molar-refractivity contribution in [1.82, 2.24) is 0 Å². The fraction of sp³-hybridized carbons (Fsp3) is 0.385. The number of benzene rings is 1. The molecule has 4 nitrogen and oxygen atoms in total. The Labute approximate surface area is 105 Å². The predicted molar refractivity (Wildman–Crippen MR) is 62.4 cm³/mol. The van der Waals surface area contributed by atoms with Crippen molar-refractivity contribution in [3.8, 4) is 5.75 Å². The van der Waals surface area contributed by atoms with Crippen LogP contribution < -0.4 is 4.74 Å². The van der Waals surface area contributed by atoms with Crippen molar-refractivity contribution >= 4 is 11.9 Å². The van der Waals surface area contributed by atoms with E-state index >= 15 is 0 Å². The van der Waals surface area contributed by atoms with Gasteiger partial charge >= 0.3 is 11.9 Å². The topological polar surface area (TPSA) is 52.6 Å². The Morgan fingerprint density at radius 3 is 2.28 bits per heavy atom. The molecule has 1 atom stereocenters. The third kappa shape index (κ3) is 3.84. The average molecular weight is 254 g/mol. The quantitative estimate of drug-likeness (QED) is 0.459. The van der Waals surface area contributed by atoms with Gasteiger partial charge in [-0.25, -0.2) is 4.39 Å². The highest BCUT2D eigenvalue weighted by molar-refractivity contribution is 5.95. The summed E-state index contributed by atoms with van der Waals surface area (Å²) >= 11 is 0. The van der Waals surface area contributed by atoms with Crippen LogP contribution in [-0.2, 0) is 14.3 Å². The van der Waals surface area contributed by atoms with E-state index in [2.05, 4.69) is 0 Å². The second kappa shape index (κ2) is 6.74. The first kappa shape index (κ1) is 14.2. The van der Waals surface area contributed by atoms with Crippen molar-refractivity contribution in [3.63, 3.8) is 0 Å². The largest absolute Gasteiger partial charge is 0.465 e. The summed E-state index contributed by atoms with van der Waals surface area (Å²) in [6, 6.07) is 5.00. The molecule has 0 aliphatic carbocycles. The molecule has 5 heteroatoms. The molecule has 0 amide bonds. The number of halogens is 1. The Hall–Kier alpha value is -1.91. The second-order valence-electron chi connectivity index (χ2n) is 3.59. The standard InChI is InChI=1S/C13H15FO4/c1-3-11(12(15)17-4-2)13(16)18-10-7-5-9(14)6-8-10/h5-8,11H,3-4H2,1-2H3. The number of ether oxygens (including phenoxy) is 2. The van der Waals surface area contributed by atoms with Crippen molar-refractivity contribution in [3.05, 3.63) is 30.1 Å². The van der Waals surface area contributed by atoms with Crippen molar-refractivity contribution in [2.24, 2.45) is 5.92 Å². The number of hydrogen-bond donors (Lipinski definition) is 0. The summed E-state index contributed by atoms with van der Waals surface area (Å²) in [7, 11) is 0. The van der Waals surface area contributed by atoms with Crippen LogP contribution in [0.2, 0.25) is 0 Å². The molecular formula is C13H15FO4. The van der Waals surface area contributed by atoms with Gasteiger partial charge < -0.3 is 9.47 Å². The van der Waals surface area contributed by atoms with E-state index in [1.807, 2.05) is 0 Å². The number of carbonyl (C=O) groups excluding carboxylic acids is 2. The Morgan fingerprint density at radius 1 is 1.17 bits per heavy atom. The van der Waals surface area contributed by atoms with Gasteiger partial charge in [-0.2, -0.15) is 0 Å². The molecule has 0 saturated heterocycles. The van der Waals surface area contributed by atoms with Gasteiger partial charge in [-0.05, 0) is 37.6 Å². The summed E-state index contributed by atoms with van der Waals surface area (Å²) in [6.07, 6.45) is 0.291. The van der Waals surface area contributed by atoms with Crippen LogP contribution in [0.15, 0.2) is 24.3 Å². The molecule has 0 aromatic heterocycles. The van der Waals surface area contributed by atoms with Gasteiger partial charge in [-0.1, -0.05) is 6.92 Å². The van der Waals surface area contributed by atoms with E-state index in [9.17, 15) is 14.0 Å². The normalized spacial score (nSPS) is 11.7. The van der Waals surface area contributed by atoms with E-state index in [-0.39, 0.29) is 12.4 Å². The first-order chi connectivity index (χ1) is 8.58. The zero-order valence-electron chi connectivity index (χ0n) is 10.3. The first-order valence-corrected chi connectivity index (χ1v) is 5.72. The third-order valence-electron chi connectivity index (χ3n) is 2.30. The fourth-order valence-electron chi connectivity index (χ4n) is 1.36. The van der Waals surface area contributed by atoms with Gasteiger partial charge in [0.15, 0.2) is 5.92 Å². The van der Waals surface area contributed by atoms with Crippen LogP contribution in [0.5, 0.6) is 5.75 Å². The molecule has 0 N–H and O–H groups in total. The van der Waals surface area contributed by atoms with Crippen LogP contribution >= 0.6 is 0 Å². The van der Waals surface area contributed by atoms with Crippen LogP contribution in [0, 0.1) is 11.7 Å². The molecule has 0 heterocycles. The molecule has 1 rings (SSSR count). The Bertz CT molecular complexity index is 414. The highest BCUT2D eigenvalue weighted by atomic mass is 19.1. The molecule has 1 aromatic rings. The number of carbonyl (C=O) groups is 2. The van der Waals surface area contributed by atoms with Crippen molar-refractivity contribution in [2.45, 2.75) is 20.3 Å². The second-order valence-corrected chi connectivity index (χ2v) is 3.59. The fourth-order valence-corrected chi connectivity index (χ4v) is 1.36. The maximum Gasteiger partial charge on any atom is 0.325 e. The lowest BCUT2D eigenvalue weighted by atomic mass is 10.1. The molecule has 18 heavy (non-hydrogen) atoms. The first-order valence-electron chi connectivity index (χ1n) is 5.72. The van der Waals surface area contributed by atoms with Gasteiger partial charge in [0.25, 0.3) is 0 Å². The van der Waals surface area contributed by atoms with E-state index < -0.39 is 23.7 Å². The van der Waals surface area contributed by atoms with Crippen LogP contribution in [0.25, 0.3) is 0 Å². The zero-order valence-corrected chi connectivity index (χ0v) is 10.3. The maximum absolute atomic E-state index is 12.7. The Morgan fingerprint density at radius 2 is 1.78 bits per heavy atom. The molecular weight excluding hydrogens is 239 g/mol. The van der Waals surface area contributed by atoms with E-state index in [0.29, 0.717) is 6.42 Å². The summed E-state index contributed by atoms with van der Waals surface area (Å²) < 4.78 is 22.4. The van der Waals surface area contributed by atoms with Gasteiger partial charge in [-0.15, -0.1) is 0 Å². The van der Waals surface area contributed by atoms with Crippen molar-refractivity contribution < 1.29 is 23.5 Å². The summed E-state index contributed by atoms with van der Waals surface area (Å²) in [5.41, 5.74) is 0. The molecule has 0 spiro atoms. The van der Waals surface area contributed by atoms with Gasteiger partial charge in [0, 0.05) is 0 Å². The van der Waals surface area contributed by atoms with Crippen molar-refractivity contribution in [1.29, 1.82) is 0 Å². The number of hydrogen-bond acceptors (Lipinski definition) is 4. The molecule has 1 unspecified atom stereocenters. The van der Waals surface area contributed by atoms with E-state index in [1.54, 1.807) is 13.8 Å². The van der Waals surface area contributed by atoms with E-state index in [4.69, 9.17) is 9.47 Å². The minimum atomic E-state index is -0.949. The molecule has 0 fully saturated rings. The maximum atomic E-state index is 12.7. The minimum Gasteiger partial charge on any atom is -0.465 e. The lowest BCUT2D eigenvalue weighted by Gasteiger charge is -2.12. The number of rotatable bonds is 5. The lowest BCUT2D eigenvalue weighted by Crippen LogP contribution is -2.29. The molecule has 0 radical (unpaired) electrons. The van der Waals surface area contributed by atoms with Crippen LogP contribution in [0.4, 0.5) is 4.39 Å². The Balaban J connectivity index is 2.67. The molecule has 0 saturated carbocycles. The minimum absolute atomic E-state index is 0.198. The summed E-state index contributed by atoms with van der Waals surface area (Å²) in [6.45, 7) is 3.56. The molecule has 98 valence electrons. The predicted octanol–water partition coefficient (Wildman–Crippen LogP) is 2.32. The zero-order chi connectivity index (χ0) is 13.5. The smallest absolute Gasteiger partial charge is 0.325 e. The molecule has 0 bridgehead atoms. The van der Waals surface area contributed by atoms with E-state index in [1.165, 1.54) is 24.3 Å². The molecule has 0 aliphatic rings. The van der Waals surface area contributed by atoms with Crippen LogP contribution in [-0.4, -0.2) is 18.5 Å². The summed E-state index contributed by atoms with van der Waals surface area (Å²) in [4.78, 5) is 23.2. The highest BCUT2D eigenvalue weighted by Gasteiger charge is 2.28. The van der Waals surface area contributed by atoms with Crippen LogP contribution in [0.3, 0.4) is 0 Å². The summed E-state index contributed by atoms with van der Waals surface area (Å²) in [5.74, 6) is -2.47. The van der Waals surface area contributed by atoms with E-state index in [0.717, 1.165) is 0 Å². The monoisotopic (exact) mass is 254 g/mol. The third-order valence-corrected chi connectivity index (χ3v) is 2.30. The van der Waals surface area contributed by atoms with Gasteiger partial charge in [0.05, 0.1) is 6.61 Å². The average Bonchev–Trinajstić information content (AvgIpc) is 2.33. The van der Waals surface area contributed by atoms with Gasteiger partial charge in [0.1, 0.15) is 11.6 Å². The SMILES string of the molecule is CCOC(=O)C(CC)C(=O)Oc1ccc(F)cc1. The van der Waals surface area contributed by atoms with Gasteiger partial charge in [-0.3, -0.25) is 9.59 Å². The number of esters is 2. The van der Waals surface area contributed by atoms with Crippen LogP contribution in [0.1, 0.15) is 20.3 Å². The highest BCUT2D eigenvalue weighted by Crippen LogP contribution is 2.15. The van der Waals surface area contributed by atoms with Gasteiger partial charge in [0.2, 0.25) is 0 Å². The Kier molecular flexibility index (Phi) is 5.30. The molecule has 1 aromatic carbocycles. The summed E-state index contributed by atoms with van der Waals surface area (Å²) in [5, 5.41) is 0.